The molecule has 0 aromatic rings. The topological polar surface area (TPSA) is 66.8 Å². The SMILES string of the molecule is CC(C)=CCC/C(C)=C/CCC(C)=CCOC(=O)C(O)CO. The van der Waals surface area contributed by atoms with Gasteiger partial charge in [0, 0.05) is 0 Å². The molecule has 0 aliphatic heterocycles. The minimum Gasteiger partial charge on any atom is -0.459 e. The highest BCUT2D eigenvalue weighted by atomic mass is 16.5. The maximum absolute atomic E-state index is 11.1. The summed E-state index contributed by atoms with van der Waals surface area (Å²) in [6, 6.07) is 0. The molecule has 22 heavy (non-hydrogen) atoms. The summed E-state index contributed by atoms with van der Waals surface area (Å²) in [5, 5.41) is 17.6. The van der Waals surface area contributed by atoms with Crippen LogP contribution in [0.4, 0.5) is 0 Å². The normalized spacial score (nSPS) is 13.7. The number of hydrogen-bond donors (Lipinski definition) is 2. The van der Waals surface area contributed by atoms with Gasteiger partial charge in [0.15, 0.2) is 6.10 Å². The van der Waals surface area contributed by atoms with Crippen molar-refractivity contribution in [2.24, 2.45) is 0 Å². The average molecular weight is 310 g/mol. The lowest BCUT2D eigenvalue weighted by atomic mass is 10.1. The molecule has 0 rings (SSSR count). The van der Waals surface area contributed by atoms with Gasteiger partial charge in [-0.15, -0.1) is 0 Å². The van der Waals surface area contributed by atoms with E-state index in [0.29, 0.717) is 0 Å². The van der Waals surface area contributed by atoms with E-state index in [1.165, 1.54) is 11.1 Å². The Balaban J connectivity index is 3.96. The lowest BCUT2D eigenvalue weighted by Crippen LogP contribution is -2.26. The van der Waals surface area contributed by atoms with Gasteiger partial charge in [-0.25, -0.2) is 4.79 Å². The van der Waals surface area contributed by atoms with E-state index in [-0.39, 0.29) is 6.61 Å². The molecule has 0 aliphatic rings. The van der Waals surface area contributed by atoms with Gasteiger partial charge in [0.1, 0.15) is 6.61 Å². The van der Waals surface area contributed by atoms with Crippen LogP contribution in [0.15, 0.2) is 34.9 Å². The van der Waals surface area contributed by atoms with E-state index in [4.69, 9.17) is 14.9 Å². The van der Waals surface area contributed by atoms with E-state index in [9.17, 15) is 4.79 Å². The van der Waals surface area contributed by atoms with Gasteiger partial charge in [0.25, 0.3) is 0 Å². The predicted octanol–water partition coefficient (Wildman–Crippen LogP) is 3.30. The van der Waals surface area contributed by atoms with Crippen LogP contribution in [0.25, 0.3) is 0 Å². The molecule has 0 fully saturated rings. The Labute approximate surface area is 134 Å². The number of esters is 1. The van der Waals surface area contributed by atoms with Crippen molar-refractivity contribution in [3.63, 3.8) is 0 Å². The second-order valence-electron chi connectivity index (χ2n) is 5.79. The molecule has 0 aromatic carbocycles. The van der Waals surface area contributed by atoms with Crippen LogP contribution in [0.5, 0.6) is 0 Å². The third kappa shape index (κ3) is 11.3. The van der Waals surface area contributed by atoms with Gasteiger partial charge in [0.05, 0.1) is 6.61 Å². The molecule has 0 aliphatic carbocycles. The summed E-state index contributed by atoms with van der Waals surface area (Å²) in [4.78, 5) is 11.1. The molecular formula is C18H30O4. The number of carbonyl (C=O) groups excluding carboxylic acids is 1. The number of aliphatic hydroxyl groups is 2. The molecule has 4 nitrogen and oxygen atoms in total. The molecule has 0 radical (unpaired) electrons. The molecule has 1 unspecified atom stereocenters. The lowest BCUT2D eigenvalue weighted by Gasteiger charge is -2.06. The number of ether oxygens (including phenoxy) is 1. The highest BCUT2D eigenvalue weighted by Crippen LogP contribution is 2.11. The van der Waals surface area contributed by atoms with E-state index < -0.39 is 18.7 Å². The summed E-state index contributed by atoms with van der Waals surface area (Å²) >= 11 is 0. The Hall–Kier alpha value is -1.39. The molecule has 0 aromatic heterocycles. The Kier molecular flexibility index (Phi) is 11.4. The van der Waals surface area contributed by atoms with Gasteiger partial charge in [-0.3, -0.25) is 0 Å². The van der Waals surface area contributed by atoms with Gasteiger partial charge in [-0.05, 0) is 59.5 Å². The van der Waals surface area contributed by atoms with Crippen molar-refractivity contribution in [1.29, 1.82) is 0 Å². The van der Waals surface area contributed by atoms with Gasteiger partial charge in [0.2, 0.25) is 0 Å². The molecule has 0 spiro atoms. The van der Waals surface area contributed by atoms with Crippen molar-refractivity contribution in [3.05, 3.63) is 34.9 Å². The van der Waals surface area contributed by atoms with Crippen LogP contribution in [0, 0.1) is 0 Å². The van der Waals surface area contributed by atoms with Crippen LogP contribution in [0.1, 0.15) is 53.4 Å². The van der Waals surface area contributed by atoms with Crippen LogP contribution in [-0.2, 0) is 9.53 Å². The standard InChI is InChI=1S/C18H30O4/c1-14(2)7-5-8-15(3)9-6-10-16(4)11-12-22-18(21)17(20)13-19/h7,9,11,17,19-20H,5-6,8,10,12-13H2,1-4H3/b15-9+,16-11?. The number of carbonyl (C=O) groups is 1. The fourth-order valence-corrected chi connectivity index (χ4v) is 1.78. The van der Waals surface area contributed by atoms with Crippen molar-refractivity contribution in [2.75, 3.05) is 13.2 Å². The highest BCUT2D eigenvalue weighted by Gasteiger charge is 2.13. The fourth-order valence-electron chi connectivity index (χ4n) is 1.78. The van der Waals surface area contributed by atoms with Gasteiger partial charge < -0.3 is 14.9 Å². The molecule has 0 saturated carbocycles. The zero-order valence-electron chi connectivity index (χ0n) is 14.3. The van der Waals surface area contributed by atoms with Gasteiger partial charge >= 0.3 is 5.97 Å². The van der Waals surface area contributed by atoms with E-state index in [0.717, 1.165) is 31.3 Å². The summed E-state index contributed by atoms with van der Waals surface area (Å²) in [5.74, 6) is -0.790. The molecule has 0 heterocycles. The Morgan fingerprint density at radius 3 is 2.09 bits per heavy atom. The molecule has 4 heteroatoms. The third-order valence-electron chi connectivity index (χ3n) is 3.23. The van der Waals surface area contributed by atoms with Gasteiger partial charge in [-0.2, -0.15) is 0 Å². The first-order valence-corrected chi connectivity index (χ1v) is 7.77. The minimum absolute atomic E-state index is 0.130. The Bertz CT molecular complexity index is 415. The zero-order chi connectivity index (χ0) is 17.0. The van der Waals surface area contributed by atoms with Crippen LogP contribution < -0.4 is 0 Å². The number of rotatable bonds is 10. The second kappa shape index (κ2) is 12.2. The average Bonchev–Trinajstić information content (AvgIpc) is 2.45. The third-order valence-corrected chi connectivity index (χ3v) is 3.23. The monoisotopic (exact) mass is 310 g/mol. The summed E-state index contributed by atoms with van der Waals surface area (Å²) < 4.78 is 4.82. The zero-order valence-corrected chi connectivity index (χ0v) is 14.3. The van der Waals surface area contributed by atoms with Crippen molar-refractivity contribution >= 4 is 5.97 Å². The smallest absolute Gasteiger partial charge is 0.337 e. The van der Waals surface area contributed by atoms with E-state index >= 15 is 0 Å². The lowest BCUT2D eigenvalue weighted by molar-refractivity contribution is -0.154. The maximum atomic E-state index is 11.1. The first kappa shape index (κ1) is 20.6. The molecule has 2 N–H and O–H groups in total. The Morgan fingerprint density at radius 1 is 1.00 bits per heavy atom. The van der Waals surface area contributed by atoms with Crippen LogP contribution >= 0.6 is 0 Å². The largest absolute Gasteiger partial charge is 0.459 e. The number of hydrogen-bond acceptors (Lipinski definition) is 4. The van der Waals surface area contributed by atoms with Crippen LogP contribution in [0.2, 0.25) is 0 Å². The van der Waals surface area contributed by atoms with Crippen molar-refractivity contribution in [1.82, 2.24) is 0 Å². The first-order valence-electron chi connectivity index (χ1n) is 7.77. The first-order chi connectivity index (χ1) is 10.4. The molecule has 0 saturated heterocycles. The van der Waals surface area contributed by atoms with Crippen LogP contribution in [0.3, 0.4) is 0 Å². The Morgan fingerprint density at radius 2 is 1.55 bits per heavy atom. The maximum Gasteiger partial charge on any atom is 0.337 e. The highest BCUT2D eigenvalue weighted by molar-refractivity contribution is 5.74. The molecule has 0 amide bonds. The van der Waals surface area contributed by atoms with Crippen molar-refractivity contribution in [3.8, 4) is 0 Å². The van der Waals surface area contributed by atoms with E-state index in [1.54, 1.807) is 0 Å². The number of aliphatic hydroxyl groups excluding tert-OH is 2. The molecular weight excluding hydrogens is 280 g/mol. The molecule has 126 valence electrons. The van der Waals surface area contributed by atoms with Crippen LogP contribution in [-0.4, -0.2) is 35.5 Å². The van der Waals surface area contributed by atoms with Crippen molar-refractivity contribution < 1.29 is 19.7 Å². The number of allylic oxidation sites excluding steroid dienone is 5. The van der Waals surface area contributed by atoms with Crippen molar-refractivity contribution in [2.45, 2.75) is 59.5 Å². The summed E-state index contributed by atoms with van der Waals surface area (Å²) in [5.41, 5.74) is 3.88. The minimum atomic E-state index is -1.44. The second-order valence-corrected chi connectivity index (χ2v) is 5.79. The van der Waals surface area contributed by atoms with E-state index in [2.05, 4.69) is 32.9 Å². The fraction of sp³-hybridized carbons (Fsp3) is 0.611. The summed E-state index contributed by atoms with van der Waals surface area (Å²) in [7, 11) is 0. The van der Waals surface area contributed by atoms with E-state index in [1.807, 2.05) is 13.0 Å². The molecule has 0 bridgehead atoms. The summed E-state index contributed by atoms with van der Waals surface area (Å²) in [6.07, 6.45) is 8.94. The summed E-state index contributed by atoms with van der Waals surface area (Å²) in [6.45, 7) is 7.88. The quantitative estimate of drug-likeness (QED) is 0.480. The predicted molar refractivity (Wildman–Crippen MR) is 89.5 cm³/mol. The van der Waals surface area contributed by atoms with Gasteiger partial charge in [-0.1, -0.05) is 28.9 Å². The molecule has 1 atom stereocenters.